The summed E-state index contributed by atoms with van der Waals surface area (Å²) in [5.74, 6) is -1.72. The van der Waals surface area contributed by atoms with Gasteiger partial charge in [0.2, 0.25) is 11.9 Å². The number of rotatable bonds is 5. The highest BCUT2D eigenvalue weighted by Crippen LogP contribution is 2.22. The van der Waals surface area contributed by atoms with Crippen molar-refractivity contribution in [2.24, 2.45) is 0 Å². The maximum atomic E-state index is 14.6. The van der Waals surface area contributed by atoms with E-state index in [4.69, 9.17) is 4.74 Å². The third kappa shape index (κ3) is 3.95. The number of anilines is 2. The Balaban J connectivity index is 1.85. The van der Waals surface area contributed by atoms with Crippen molar-refractivity contribution in [2.45, 2.75) is 13.8 Å². The molecule has 0 saturated carbocycles. The molecule has 3 rings (SSSR count). The molecule has 0 unspecified atom stereocenters. The first-order valence-electron chi connectivity index (χ1n) is 8.24. The molecular formula is C19H19FN4O3. The van der Waals surface area contributed by atoms with E-state index >= 15 is 0 Å². The Kier molecular flexibility index (Phi) is 5.18. The van der Waals surface area contributed by atoms with Gasteiger partial charge in [-0.3, -0.25) is 14.0 Å². The number of pyridine rings is 1. The number of carbonyl (C=O) groups excluding carboxylic acids is 2. The van der Waals surface area contributed by atoms with Crippen LogP contribution in [0.15, 0.2) is 36.5 Å². The number of fused-ring (bicyclic) bond motifs is 1. The van der Waals surface area contributed by atoms with Gasteiger partial charge in [0.25, 0.3) is 5.91 Å². The van der Waals surface area contributed by atoms with Crippen LogP contribution in [-0.4, -0.2) is 34.9 Å². The maximum Gasteiger partial charge on any atom is 0.279 e. The molecule has 2 aromatic heterocycles. The number of nitrogens with one attached hydrogen (secondary N) is 2. The molecule has 0 spiro atoms. The fraction of sp³-hybridized carbons (Fsp3) is 0.211. The van der Waals surface area contributed by atoms with Crippen molar-refractivity contribution in [1.82, 2.24) is 9.38 Å². The lowest BCUT2D eigenvalue weighted by atomic mass is 10.1. The van der Waals surface area contributed by atoms with Crippen molar-refractivity contribution in [1.29, 1.82) is 0 Å². The van der Waals surface area contributed by atoms with Crippen molar-refractivity contribution in [3.05, 3.63) is 59.3 Å². The van der Waals surface area contributed by atoms with Crippen molar-refractivity contribution in [3.8, 4) is 0 Å². The highest BCUT2D eigenvalue weighted by molar-refractivity contribution is 6.04. The second kappa shape index (κ2) is 7.55. The highest BCUT2D eigenvalue weighted by atomic mass is 19.1. The Hall–Kier alpha value is -3.26. The molecule has 7 nitrogen and oxygen atoms in total. The van der Waals surface area contributed by atoms with Crippen LogP contribution in [0.3, 0.4) is 0 Å². The number of benzene rings is 1. The number of imidazole rings is 1. The van der Waals surface area contributed by atoms with E-state index in [0.717, 1.165) is 11.1 Å². The molecule has 0 bridgehead atoms. The van der Waals surface area contributed by atoms with Crippen molar-refractivity contribution < 1.29 is 18.7 Å². The molecule has 2 heterocycles. The van der Waals surface area contributed by atoms with E-state index in [-0.39, 0.29) is 18.2 Å². The third-order valence-electron chi connectivity index (χ3n) is 3.97. The Labute approximate surface area is 155 Å². The van der Waals surface area contributed by atoms with Gasteiger partial charge in [-0.15, -0.1) is 0 Å². The van der Waals surface area contributed by atoms with E-state index in [1.54, 1.807) is 43.5 Å². The average molecular weight is 370 g/mol. The molecule has 3 aromatic rings. The lowest BCUT2D eigenvalue weighted by Gasteiger charge is -2.11. The zero-order valence-electron chi connectivity index (χ0n) is 15.2. The summed E-state index contributed by atoms with van der Waals surface area (Å²) in [6.07, 6.45) is 1.58. The first-order valence-corrected chi connectivity index (χ1v) is 8.24. The molecule has 8 heteroatoms. The fourth-order valence-corrected chi connectivity index (χ4v) is 2.61. The van der Waals surface area contributed by atoms with Crippen LogP contribution in [0.4, 0.5) is 15.8 Å². The van der Waals surface area contributed by atoms with Crippen LogP contribution < -0.4 is 10.6 Å². The summed E-state index contributed by atoms with van der Waals surface area (Å²) in [5.41, 5.74) is 2.59. The SMILES string of the molecule is COCC(=O)Nc1ccc(C)c(NC(=O)c2nc3ccc(C)cn3c2F)c1. The van der Waals surface area contributed by atoms with Gasteiger partial charge in [0, 0.05) is 24.7 Å². The Morgan fingerprint density at radius 3 is 2.70 bits per heavy atom. The second-order valence-electron chi connectivity index (χ2n) is 6.15. The number of aryl methyl sites for hydroxylation is 2. The molecule has 0 saturated heterocycles. The van der Waals surface area contributed by atoms with Gasteiger partial charge in [-0.2, -0.15) is 4.39 Å². The number of halogens is 1. The van der Waals surface area contributed by atoms with Crippen LogP contribution in [0.5, 0.6) is 0 Å². The van der Waals surface area contributed by atoms with Crippen LogP contribution in [0.25, 0.3) is 5.65 Å². The van der Waals surface area contributed by atoms with Gasteiger partial charge in [0.1, 0.15) is 12.3 Å². The van der Waals surface area contributed by atoms with Crippen molar-refractivity contribution >= 4 is 28.8 Å². The number of hydrogen-bond donors (Lipinski definition) is 2. The predicted octanol–water partition coefficient (Wildman–Crippen LogP) is 2.93. The number of hydrogen-bond acceptors (Lipinski definition) is 4. The summed E-state index contributed by atoms with van der Waals surface area (Å²) < 4.78 is 20.6. The molecule has 140 valence electrons. The quantitative estimate of drug-likeness (QED) is 0.723. The summed E-state index contributed by atoms with van der Waals surface area (Å²) in [4.78, 5) is 28.2. The molecular weight excluding hydrogens is 351 g/mol. The van der Waals surface area contributed by atoms with E-state index in [1.165, 1.54) is 11.5 Å². The van der Waals surface area contributed by atoms with Crippen LogP contribution in [0, 0.1) is 19.8 Å². The summed E-state index contributed by atoms with van der Waals surface area (Å²) in [6, 6.07) is 8.47. The second-order valence-corrected chi connectivity index (χ2v) is 6.15. The number of amides is 2. The Morgan fingerprint density at radius 2 is 1.96 bits per heavy atom. The van der Waals surface area contributed by atoms with Gasteiger partial charge in [-0.25, -0.2) is 4.98 Å². The molecule has 1 aromatic carbocycles. The van der Waals surface area contributed by atoms with E-state index < -0.39 is 11.9 Å². The van der Waals surface area contributed by atoms with Gasteiger partial charge in [0.15, 0.2) is 5.69 Å². The minimum Gasteiger partial charge on any atom is -0.375 e. The molecule has 0 radical (unpaired) electrons. The molecule has 0 fully saturated rings. The summed E-state index contributed by atoms with van der Waals surface area (Å²) in [6.45, 7) is 3.53. The number of methoxy groups -OCH3 is 1. The topological polar surface area (TPSA) is 84.7 Å². The monoisotopic (exact) mass is 370 g/mol. The highest BCUT2D eigenvalue weighted by Gasteiger charge is 2.20. The van der Waals surface area contributed by atoms with Gasteiger partial charge >= 0.3 is 0 Å². The van der Waals surface area contributed by atoms with E-state index in [2.05, 4.69) is 15.6 Å². The zero-order chi connectivity index (χ0) is 19.6. The summed E-state index contributed by atoms with van der Waals surface area (Å²) in [7, 11) is 1.42. The van der Waals surface area contributed by atoms with E-state index in [9.17, 15) is 14.0 Å². The molecule has 0 aliphatic carbocycles. The molecule has 0 aliphatic heterocycles. The first kappa shape index (κ1) is 18.5. The van der Waals surface area contributed by atoms with Crippen LogP contribution in [-0.2, 0) is 9.53 Å². The van der Waals surface area contributed by atoms with Crippen LogP contribution >= 0.6 is 0 Å². The Morgan fingerprint density at radius 1 is 1.19 bits per heavy atom. The predicted molar refractivity (Wildman–Crippen MR) is 99.5 cm³/mol. The normalized spacial score (nSPS) is 10.8. The molecule has 0 aliphatic rings. The molecule has 27 heavy (non-hydrogen) atoms. The van der Waals surface area contributed by atoms with Crippen LogP contribution in [0.1, 0.15) is 21.6 Å². The summed E-state index contributed by atoms with van der Waals surface area (Å²) >= 11 is 0. The fourth-order valence-electron chi connectivity index (χ4n) is 2.61. The Bertz CT molecular complexity index is 1030. The van der Waals surface area contributed by atoms with E-state index in [0.29, 0.717) is 17.0 Å². The van der Waals surface area contributed by atoms with Gasteiger partial charge in [-0.05, 0) is 43.2 Å². The zero-order valence-corrected chi connectivity index (χ0v) is 15.2. The number of aromatic nitrogens is 2. The van der Waals surface area contributed by atoms with Gasteiger partial charge < -0.3 is 15.4 Å². The maximum absolute atomic E-state index is 14.6. The smallest absolute Gasteiger partial charge is 0.279 e. The van der Waals surface area contributed by atoms with Crippen LogP contribution in [0.2, 0.25) is 0 Å². The molecule has 2 amide bonds. The molecule has 0 atom stereocenters. The molecule has 2 N–H and O–H groups in total. The minimum atomic E-state index is -0.728. The lowest BCUT2D eigenvalue weighted by molar-refractivity contribution is -0.119. The van der Waals surface area contributed by atoms with Gasteiger partial charge in [-0.1, -0.05) is 12.1 Å². The van der Waals surface area contributed by atoms with E-state index in [1.807, 2.05) is 6.92 Å². The number of nitrogens with zero attached hydrogens (tertiary/aromatic N) is 2. The largest absolute Gasteiger partial charge is 0.375 e. The number of carbonyl (C=O) groups is 2. The van der Waals surface area contributed by atoms with Gasteiger partial charge in [0.05, 0.1) is 0 Å². The average Bonchev–Trinajstić information content (AvgIpc) is 2.94. The first-order chi connectivity index (χ1) is 12.9. The lowest BCUT2D eigenvalue weighted by Crippen LogP contribution is -2.18. The number of ether oxygens (including phenoxy) is 1. The standard InChI is InChI=1S/C19H19FN4O3/c1-11-4-7-15-23-17(18(20)24(15)9-11)19(26)22-14-8-13(6-5-12(14)2)21-16(25)10-27-3/h4-9H,10H2,1-3H3,(H,21,25)(H,22,26). The van der Waals surface area contributed by atoms with Crippen molar-refractivity contribution in [2.75, 3.05) is 24.4 Å². The third-order valence-corrected chi connectivity index (χ3v) is 3.97. The minimum absolute atomic E-state index is 0.0819. The summed E-state index contributed by atoms with van der Waals surface area (Å²) in [5, 5.41) is 5.30. The van der Waals surface area contributed by atoms with Crippen molar-refractivity contribution in [3.63, 3.8) is 0 Å².